The summed E-state index contributed by atoms with van der Waals surface area (Å²) >= 11 is 0. The van der Waals surface area contributed by atoms with Crippen molar-refractivity contribution in [2.45, 2.75) is 24.8 Å². The molecule has 9 heteroatoms. The molecule has 6 nitrogen and oxygen atoms in total. The standard InChI is InChI=1S/C11H9F3N2O4/c12-11(13,14)7-2-1-6(5-8(7)16(19)20)10(18)9(17)3-4-15/h1-2,5,9-10,17-18H,3H2. The van der Waals surface area contributed by atoms with E-state index >= 15 is 0 Å². The molecule has 0 saturated heterocycles. The maximum absolute atomic E-state index is 12.6. The van der Waals surface area contributed by atoms with Crippen LogP contribution < -0.4 is 0 Å². The molecule has 0 heterocycles. The van der Waals surface area contributed by atoms with E-state index in [4.69, 9.17) is 5.26 Å². The van der Waals surface area contributed by atoms with E-state index in [0.29, 0.717) is 12.1 Å². The van der Waals surface area contributed by atoms with E-state index in [9.17, 15) is 33.5 Å². The molecule has 0 radical (unpaired) electrons. The summed E-state index contributed by atoms with van der Waals surface area (Å²) in [6.07, 6.45) is -8.60. The van der Waals surface area contributed by atoms with E-state index in [1.807, 2.05) is 0 Å². The van der Waals surface area contributed by atoms with Gasteiger partial charge in [0.2, 0.25) is 0 Å². The van der Waals surface area contributed by atoms with Gasteiger partial charge in [-0.3, -0.25) is 10.1 Å². The first kappa shape index (κ1) is 15.9. The lowest BCUT2D eigenvalue weighted by Gasteiger charge is -2.16. The molecule has 108 valence electrons. The number of halogens is 3. The summed E-state index contributed by atoms with van der Waals surface area (Å²) in [5.41, 5.74) is -2.95. The van der Waals surface area contributed by atoms with Crippen molar-refractivity contribution in [3.8, 4) is 6.07 Å². The van der Waals surface area contributed by atoms with Gasteiger partial charge in [-0.1, -0.05) is 6.07 Å². The molecule has 1 aromatic rings. The molecule has 1 aromatic carbocycles. The summed E-state index contributed by atoms with van der Waals surface area (Å²) in [6.45, 7) is 0. The quantitative estimate of drug-likeness (QED) is 0.650. The maximum Gasteiger partial charge on any atom is 0.422 e. The summed E-state index contributed by atoms with van der Waals surface area (Å²) in [6, 6.07) is 3.38. The molecule has 0 aliphatic carbocycles. The van der Waals surface area contributed by atoms with Crippen LogP contribution in [0.3, 0.4) is 0 Å². The SMILES string of the molecule is N#CCC(O)C(O)c1ccc(C(F)(F)F)c([N+](=O)[O-])c1. The number of alkyl halides is 3. The van der Waals surface area contributed by atoms with E-state index in [-0.39, 0.29) is 5.56 Å². The fraction of sp³-hybridized carbons (Fsp3) is 0.364. The third-order valence-electron chi connectivity index (χ3n) is 2.53. The predicted octanol–water partition coefficient (Wildman–Crippen LogP) is 1.92. The van der Waals surface area contributed by atoms with E-state index in [1.54, 1.807) is 6.07 Å². The van der Waals surface area contributed by atoms with Crippen molar-refractivity contribution in [3.63, 3.8) is 0 Å². The molecule has 2 atom stereocenters. The zero-order valence-electron chi connectivity index (χ0n) is 9.83. The lowest BCUT2D eigenvalue weighted by Crippen LogP contribution is -2.18. The number of nitrogens with zero attached hydrogens (tertiary/aromatic N) is 2. The van der Waals surface area contributed by atoms with Crippen LogP contribution in [0.4, 0.5) is 18.9 Å². The molecule has 0 spiro atoms. The Bertz CT molecular complexity index is 554. The Balaban J connectivity index is 3.25. The molecular weight excluding hydrogens is 281 g/mol. The van der Waals surface area contributed by atoms with Gasteiger partial charge < -0.3 is 10.2 Å². The van der Waals surface area contributed by atoms with Crippen LogP contribution in [0.1, 0.15) is 23.7 Å². The average molecular weight is 290 g/mol. The van der Waals surface area contributed by atoms with Gasteiger partial charge in [0.25, 0.3) is 5.69 Å². The third kappa shape index (κ3) is 3.43. The largest absolute Gasteiger partial charge is 0.422 e. The van der Waals surface area contributed by atoms with Crippen molar-refractivity contribution in [1.82, 2.24) is 0 Å². The van der Waals surface area contributed by atoms with Crippen molar-refractivity contribution in [1.29, 1.82) is 5.26 Å². The summed E-state index contributed by atoms with van der Waals surface area (Å²) in [5, 5.41) is 38.0. The summed E-state index contributed by atoms with van der Waals surface area (Å²) in [7, 11) is 0. The second kappa shape index (κ2) is 5.85. The van der Waals surface area contributed by atoms with Gasteiger partial charge >= 0.3 is 6.18 Å². The molecule has 0 bridgehead atoms. The summed E-state index contributed by atoms with van der Waals surface area (Å²) < 4.78 is 37.7. The van der Waals surface area contributed by atoms with E-state index in [0.717, 1.165) is 6.07 Å². The fourth-order valence-corrected chi connectivity index (χ4v) is 1.55. The smallest absolute Gasteiger partial charge is 0.389 e. The van der Waals surface area contributed by atoms with Gasteiger partial charge in [-0.05, 0) is 11.6 Å². The van der Waals surface area contributed by atoms with Crippen LogP contribution in [-0.4, -0.2) is 21.2 Å². The number of benzene rings is 1. The van der Waals surface area contributed by atoms with Gasteiger partial charge in [0.05, 0.1) is 23.5 Å². The first-order chi connectivity index (χ1) is 9.18. The number of hydrogen-bond acceptors (Lipinski definition) is 5. The van der Waals surface area contributed by atoms with Crippen LogP contribution in [0.25, 0.3) is 0 Å². The lowest BCUT2D eigenvalue weighted by atomic mass is 10.00. The molecule has 0 fully saturated rings. The third-order valence-corrected chi connectivity index (χ3v) is 2.53. The molecule has 0 aliphatic rings. The monoisotopic (exact) mass is 290 g/mol. The van der Waals surface area contributed by atoms with Crippen molar-refractivity contribution in [2.24, 2.45) is 0 Å². The number of hydrogen-bond donors (Lipinski definition) is 2. The Morgan fingerprint density at radius 2 is 2.00 bits per heavy atom. The van der Waals surface area contributed by atoms with Crippen molar-refractivity contribution in [3.05, 3.63) is 39.4 Å². The molecular formula is C11H9F3N2O4. The second-order valence-electron chi connectivity index (χ2n) is 3.91. The Morgan fingerprint density at radius 3 is 2.45 bits per heavy atom. The highest BCUT2D eigenvalue weighted by Crippen LogP contribution is 2.37. The minimum Gasteiger partial charge on any atom is -0.389 e. The van der Waals surface area contributed by atoms with Gasteiger partial charge in [-0.15, -0.1) is 0 Å². The number of nitro benzene ring substituents is 1. The number of aliphatic hydroxyl groups is 2. The van der Waals surface area contributed by atoms with E-state index in [1.165, 1.54) is 0 Å². The van der Waals surface area contributed by atoms with Gasteiger partial charge in [0.1, 0.15) is 11.7 Å². The topological polar surface area (TPSA) is 107 Å². The molecule has 2 N–H and O–H groups in total. The molecule has 0 amide bonds. The highest BCUT2D eigenvalue weighted by atomic mass is 19.4. The van der Waals surface area contributed by atoms with Crippen molar-refractivity contribution < 1.29 is 28.3 Å². The van der Waals surface area contributed by atoms with E-state index < -0.39 is 41.0 Å². The molecule has 0 saturated carbocycles. The van der Waals surface area contributed by atoms with Crippen molar-refractivity contribution in [2.75, 3.05) is 0 Å². The van der Waals surface area contributed by atoms with Crippen molar-refractivity contribution >= 4 is 5.69 Å². The Morgan fingerprint density at radius 1 is 1.40 bits per heavy atom. The zero-order chi connectivity index (χ0) is 15.5. The van der Waals surface area contributed by atoms with E-state index in [2.05, 4.69) is 0 Å². The van der Waals surface area contributed by atoms with Crippen LogP contribution >= 0.6 is 0 Å². The molecule has 20 heavy (non-hydrogen) atoms. The Kier molecular flexibility index (Phi) is 4.65. The zero-order valence-corrected chi connectivity index (χ0v) is 9.83. The number of rotatable bonds is 4. The molecule has 0 aliphatic heterocycles. The highest BCUT2D eigenvalue weighted by molar-refractivity contribution is 5.45. The highest BCUT2D eigenvalue weighted by Gasteiger charge is 2.38. The second-order valence-corrected chi connectivity index (χ2v) is 3.91. The average Bonchev–Trinajstić information content (AvgIpc) is 2.36. The lowest BCUT2D eigenvalue weighted by molar-refractivity contribution is -0.388. The minimum absolute atomic E-state index is 0.271. The van der Waals surface area contributed by atoms with Crippen LogP contribution in [-0.2, 0) is 6.18 Å². The van der Waals surface area contributed by atoms with Gasteiger partial charge in [0, 0.05) is 6.07 Å². The van der Waals surface area contributed by atoms with Crippen LogP contribution in [0.15, 0.2) is 18.2 Å². The Labute approximate surface area is 110 Å². The molecule has 2 unspecified atom stereocenters. The fourth-order valence-electron chi connectivity index (χ4n) is 1.55. The number of aliphatic hydroxyl groups excluding tert-OH is 2. The normalized spacial score (nSPS) is 14.4. The van der Waals surface area contributed by atoms with Gasteiger partial charge in [0.15, 0.2) is 0 Å². The summed E-state index contributed by atoms with van der Waals surface area (Å²) in [5.74, 6) is 0. The van der Waals surface area contributed by atoms with Gasteiger partial charge in [-0.2, -0.15) is 18.4 Å². The Hall–Kier alpha value is -2.18. The predicted molar refractivity (Wildman–Crippen MR) is 59.3 cm³/mol. The van der Waals surface area contributed by atoms with Gasteiger partial charge in [-0.25, -0.2) is 0 Å². The maximum atomic E-state index is 12.6. The minimum atomic E-state index is -4.91. The number of nitriles is 1. The van der Waals surface area contributed by atoms with Crippen LogP contribution in [0.5, 0.6) is 0 Å². The first-order valence-electron chi connectivity index (χ1n) is 5.27. The summed E-state index contributed by atoms with van der Waals surface area (Å²) in [4.78, 5) is 9.42. The van der Waals surface area contributed by atoms with Crippen LogP contribution in [0, 0.1) is 21.4 Å². The van der Waals surface area contributed by atoms with Crippen LogP contribution in [0.2, 0.25) is 0 Å². The molecule has 0 aromatic heterocycles. The molecule has 1 rings (SSSR count). The number of nitro groups is 1. The first-order valence-corrected chi connectivity index (χ1v) is 5.27.